The number of nitrogens with zero attached hydrogens (tertiary/aromatic N) is 6. The lowest BCUT2D eigenvalue weighted by atomic mass is 10.2. The van der Waals surface area contributed by atoms with Crippen molar-refractivity contribution in [1.82, 2.24) is 30.0 Å². The van der Waals surface area contributed by atoms with Crippen molar-refractivity contribution in [3.63, 3.8) is 0 Å². The third-order valence-electron chi connectivity index (χ3n) is 5.81. The first-order chi connectivity index (χ1) is 18.5. The van der Waals surface area contributed by atoms with E-state index in [0.717, 1.165) is 33.9 Å². The molecule has 0 fully saturated rings. The van der Waals surface area contributed by atoms with Crippen molar-refractivity contribution < 1.29 is 4.79 Å². The van der Waals surface area contributed by atoms with Crippen LogP contribution in [0.4, 0.5) is 0 Å². The van der Waals surface area contributed by atoms with Gasteiger partial charge in [-0.3, -0.25) is 9.36 Å². The molecule has 0 unspecified atom stereocenters. The first kappa shape index (κ1) is 25.4. The Kier molecular flexibility index (Phi) is 7.67. The zero-order valence-corrected chi connectivity index (χ0v) is 22.3. The Labute approximate surface area is 229 Å². The minimum absolute atomic E-state index is 0.110. The summed E-state index contributed by atoms with van der Waals surface area (Å²) in [6.07, 6.45) is 1.63. The molecule has 38 heavy (non-hydrogen) atoms. The number of carbonyl (C=O) groups excluding carboxylic acids is 1. The van der Waals surface area contributed by atoms with Gasteiger partial charge in [0.25, 0.3) is 5.91 Å². The van der Waals surface area contributed by atoms with E-state index in [4.69, 9.17) is 11.6 Å². The van der Waals surface area contributed by atoms with Gasteiger partial charge in [-0.1, -0.05) is 71.9 Å². The Hall–Kier alpha value is -4.21. The first-order valence-corrected chi connectivity index (χ1v) is 13.2. The van der Waals surface area contributed by atoms with Gasteiger partial charge in [-0.25, -0.2) is 10.1 Å². The summed E-state index contributed by atoms with van der Waals surface area (Å²) in [5.74, 6) is 0.526. The Balaban J connectivity index is 1.29. The molecule has 3 aromatic carbocycles. The molecule has 1 N–H and O–H groups in total. The normalized spacial score (nSPS) is 11.2. The molecule has 2 aromatic heterocycles. The van der Waals surface area contributed by atoms with Gasteiger partial charge in [-0.05, 0) is 50.2 Å². The molecule has 0 radical (unpaired) electrons. The highest BCUT2D eigenvalue weighted by Crippen LogP contribution is 2.28. The number of thioether (sulfide) groups is 1. The van der Waals surface area contributed by atoms with Crippen LogP contribution in [0.15, 0.2) is 95.2 Å². The van der Waals surface area contributed by atoms with Crippen molar-refractivity contribution in [1.29, 1.82) is 0 Å². The molecule has 10 heteroatoms. The fourth-order valence-corrected chi connectivity index (χ4v) is 4.82. The number of amides is 1. The van der Waals surface area contributed by atoms with E-state index in [1.807, 2.05) is 108 Å². The van der Waals surface area contributed by atoms with E-state index in [1.165, 1.54) is 11.8 Å². The maximum absolute atomic E-state index is 12.6. The van der Waals surface area contributed by atoms with Gasteiger partial charge in [0.05, 0.1) is 29.0 Å². The van der Waals surface area contributed by atoms with Crippen LogP contribution in [-0.4, -0.2) is 42.4 Å². The summed E-state index contributed by atoms with van der Waals surface area (Å²) in [6, 6.07) is 27.1. The Bertz CT molecular complexity index is 1580. The SMILES string of the molecule is Cc1nn(-c2ccccc2)c(C)c1/C=N/NC(=O)CSc1nnc(-c2ccccc2)n1-c1ccc(Cl)cc1. The van der Waals surface area contributed by atoms with Crippen LogP contribution in [0.1, 0.15) is 17.0 Å². The number of carbonyl (C=O) groups is 1. The van der Waals surface area contributed by atoms with Gasteiger partial charge in [0.2, 0.25) is 0 Å². The summed E-state index contributed by atoms with van der Waals surface area (Å²) < 4.78 is 3.78. The number of halogens is 1. The average Bonchev–Trinajstić information content (AvgIpc) is 3.49. The summed E-state index contributed by atoms with van der Waals surface area (Å²) in [4.78, 5) is 12.6. The lowest BCUT2D eigenvalue weighted by Crippen LogP contribution is -2.20. The van der Waals surface area contributed by atoms with Crippen LogP contribution >= 0.6 is 23.4 Å². The molecule has 0 aliphatic rings. The van der Waals surface area contributed by atoms with Gasteiger partial charge in [-0.2, -0.15) is 10.2 Å². The number of aromatic nitrogens is 5. The molecule has 0 spiro atoms. The van der Waals surface area contributed by atoms with Crippen LogP contribution in [0.3, 0.4) is 0 Å². The second-order valence-electron chi connectivity index (χ2n) is 8.40. The highest BCUT2D eigenvalue weighted by Gasteiger charge is 2.17. The monoisotopic (exact) mass is 541 g/mol. The number of aryl methyl sites for hydroxylation is 1. The van der Waals surface area contributed by atoms with Crippen LogP contribution in [0.5, 0.6) is 0 Å². The van der Waals surface area contributed by atoms with Crippen LogP contribution in [0.25, 0.3) is 22.8 Å². The van der Waals surface area contributed by atoms with Crippen LogP contribution < -0.4 is 5.43 Å². The molecule has 0 saturated carbocycles. The van der Waals surface area contributed by atoms with Crippen molar-refractivity contribution in [2.75, 3.05) is 5.75 Å². The Morgan fingerprint density at radius 1 is 0.947 bits per heavy atom. The fraction of sp³-hybridized carbons (Fsp3) is 0.107. The smallest absolute Gasteiger partial charge is 0.250 e. The van der Waals surface area contributed by atoms with Crippen LogP contribution in [0.2, 0.25) is 5.02 Å². The highest BCUT2D eigenvalue weighted by atomic mass is 35.5. The predicted octanol–water partition coefficient (Wildman–Crippen LogP) is 5.63. The molecular formula is C28H24ClN7OS. The molecular weight excluding hydrogens is 518 g/mol. The number of nitrogens with one attached hydrogen (secondary N) is 1. The summed E-state index contributed by atoms with van der Waals surface area (Å²) in [6.45, 7) is 3.89. The van der Waals surface area contributed by atoms with E-state index in [0.29, 0.717) is 16.0 Å². The number of rotatable bonds is 8. The molecule has 0 aliphatic heterocycles. The lowest BCUT2D eigenvalue weighted by Gasteiger charge is -2.10. The van der Waals surface area contributed by atoms with Gasteiger partial charge < -0.3 is 0 Å². The van der Waals surface area contributed by atoms with Crippen molar-refractivity contribution in [2.24, 2.45) is 5.10 Å². The summed E-state index contributed by atoms with van der Waals surface area (Å²) in [7, 11) is 0. The number of hydrogen-bond acceptors (Lipinski definition) is 6. The molecule has 190 valence electrons. The first-order valence-electron chi connectivity index (χ1n) is 11.8. The van der Waals surface area contributed by atoms with Gasteiger partial charge >= 0.3 is 0 Å². The number of benzene rings is 3. The highest BCUT2D eigenvalue weighted by molar-refractivity contribution is 7.99. The lowest BCUT2D eigenvalue weighted by molar-refractivity contribution is -0.118. The molecule has 0 atom stereocenters. The molecule has 5 rings (SSSR count). The summed E-state index contributed by atoms with van der Waals surface area (Å²) in [5.41, 5.74) is 7.95. The minimum Gasteiger partial charge on any atom is -0.272 e. The zero-order chi connectivity index (χ0) is 26.5. The molecule has 0 saturated heterocycles. The van der Waals surface area contributed by atoms with Gasteiger partial charge in [0.15, 0.2) is 11.0 Å². The number of hydrazone groups is 1. The van der Waals surface area contributed by atoms with Crippen LogP contribution in [-0.2, 0) is 4.79 Å². The summed E-state index contributed by atoms with van der Waals surface area (Å²) in [5, 5.41) is 18.8. The molecule has 0 aliphatic carbocycles. The third-order valence-corrected chi connectivity index (χ3v) is 6.99. The van der Waals surface area contributed by atoms with E-state index in [9.17, 15) is 4.79 Å². The fourth-order valence-electron chi connectivity index (χ4n) is 3.95. The van der Waals surface area contributed by atoms with Gasteiger partial charge in [0, 0.05) is 21.8 Å². The van der Waals surface area contributed by atoms with Crippen molar-refractivity contribution >= 4 is 35.5 Å². The van der Waals surface area contributed by atoms with E-state index >= 15 is 0 Å². The Morgan fingerprint density at radius 3 is 2.34 bits per heavy atom. The maximum Gasteiger partial charge on any atom is 0.250 e. The van der Waals surface area contributed by atoms with Crippen molar-refractivity contribution in [3.8, 4) is 22.8 Å². The second kappa shape index (κ2) is 11.5. The second-order valence-corrected chi connectivity index (χ2v) is 9.78. The minimum atomic E-state index is -0.260. The zero-order valence-electron chi connectivity index (χ0n) is 20.7. The average molecular weight is 542 g/mol. The van der Waals surface area contributed by atoms with E-state index in [-0.39, 0.29) is 11.7 Å². The molecule has 5 aromatic rings. The molecule has 2 heterocycles. The Morgan fingerprint density at radius 2 is 1.63 bits per heavy atom. The molecule has 1 amide bonds. The van der Waals surface area contributed by atoms with Crippen molar-refractivity contribution in [2.45, 2.75) is 19.0 Å². The maximum atomic E-state index is 12.6. The van der Waals surface area contributed by atoms with E-state index < -0.39 is 0 Å². The molecule has 0 bridgehead atoms. The largest absolute Gasteiger partial charge is 0.272 e. The van der Waals surface area contributed by atoms with E-state index in [2.05, 4.69) is 25.8 Å². The molecule has 8 nitrogen and oxygen atoms in total. The van der Waals surface area contributed by atoms with Gasteiger partial charge in [0.1, 0.15) is 0 Å². The topological polar surface area (TPSA) is 90.0 Å². The summed E-state index contributed by atoms with van der Waals surface area (Å²) >= 11 is 7.38. The number of hydrogen-bond donors (Lipinski definition) is 1. The third kappa shape index (κ3) is 5.53. The van der Waals surface area contributed by atoms with Crippen LogP contribution in [0, 0.1) is 13.8 Å². The quantitative estimate of drug-likeness (QED) is 0.156. The van der Waals surface area contributed by atoms with E-state index in [1.54, 1.807) is 6.21 Å². The van der Waals surface area contributed by atoms with Crippen molar-refractivity contribution in [3.05, 3.63) is 107 Å². The number of para-hydroxylation sites is 1. The predicted molar refractivity (Wildman–Crippen MR) is 151 cm³/mol. The van der Waals surface area contributed by atoms with Gasteiger partial charge in [-0.15, -0.1) is 10.2 Å². The standard InChI is InChI=1S/C28H24ClN7OS/c1-19-25(20(2)36(34-19)24-11-7-4-8-12-24)17-30-31-26(37)18-38-28-33-32-27(21-9-5-3-6-10-21)35(28)23-15-13-22(29)14-16-23/h3-17H,18H2,1-2H3,(H,31,37)/b30-17+.